The molecular weight excluding hydrogens is 258 g/mol. The molecule has 0 aliphatic carbocycles. The lowest BCUT2D eigenvalue weighted by Crippen LogP contribution is -2.29. The normalized spacial score (nSPS) is 13.5. The smallest absolute Gasteiger partial charge is 0.244 e. The largest absolute Gasteiger partial charge is 0.507 e. The molecule has 0 saturated heterocycles. The van der Waals surface area contributed by atoms with E-state index < -0.39 is 10.0 Å². The molecule has 6 heteroatoms. The molecule has 0 aliphatic heterocycles. The van der Waals surface area contributed by atoms with Gasteiger partial charge in [0, 0.05) is 6.54 Å². The Kier molecular flexibility index (Phi) is 5.30. The van der Waals surface area contributed by atoms with Crippen molar-refractivity contribution in [2.45, 2.75) is 11.8 Å². The van der Waals surface area contributed by atoms with E-state index in [-0.39, 0.29) is 16.6 Å². The third-order valence-corrected chi connectivity index (χ3v) is 4.60. The van der Waals surface area contributed by atoms with Crippen LogP contribution in [0.3, 0.4) is 0 Å². The van der Waals surface area contributed by atoms with Crippen LogP contribution in [0, 0.1) is 5.92 Å². The highest BCUT2D eigenvalue weighted by Crippen LogP contribution is 2.21. The van der Waals surface area contributed by atoms with Crippen molar-refractivity contribution in [2.24, 2.45) is 5.92 Å². The number of hydrogen-bond acceptors (Lipinski definition) is 4. The van der Waals surface area contributed by atoms with Crippen molar-refractivity contribution in [2.75, 3.05) is 18.6 Å². The summed E-state index contributed by atoms with van der Waals surface area (Å²) in [5, 5.41) is 9.49. The third-order valence-electron chi connectivity index (χ3n) is 2.23. The van der Waals surface area contributed by atoms with E-state index in [9.17, 15) is 13.5 Å². The molecular formula is C11H17NO3S2. The second-order valence-electron chi connectivity index (χ2n) is 3.88. The fourth-order valence-corrected chi connectivity index (χ4v) is 3.30. The Bertz CT molecular complexity index is 460. The van der Waals surface area contributed by atoms with E-state index in [4.69, 9.17) is 0 Å². The zero-order valence-corrected chi connectivity index (χ0v) is 11.5. The molecule has 0 heterocycles. The van der Waals surface area contributed by atoms with Crippen LogP contribution in [0.1, 0.15) is 6.92 Å². The van der Waals surface area contributed by atoms with Crippen molar-refractivity contribution in [3.63, 3.8) is 0 Å². The zero-order valence-electron chi connectivity index (χ0n) is 9.88. The van der Waals surface area contributed by atoms with Crippen LogP contribution in [-0.2, 0) is 10.0 Å². The number of thioether (sulfide) groups is 1. The van der Waals surface area contributed by atoms with Crippen molar-refractivity contribution in [3.8, 4) is 5.75 Å². The first kappa shape index (κ1) is 14.3. The van der Waals surface area contributed by atoms with Crippen LogP contribution in [0.25, 0.3) is 0 Å². The van der Waals surface area contributed by atoms with Crippen molar-refractivity contribution in [1.29, 1.82) is 0 Å². The number of hydrogen-bond donors (Lipinski definition) is 2. The van der Waals surface area contributed by atoms with Crippen LogP contribution in [0.5, 0.6) is 5.75 Å². The predicted octanol–water partition coefficient (Wildman–Crippen LogP) is 1.67. The molecule has 1 aromatic carbocycles. The lowest BCUT2D eigenvalue weighted by Gasteiger charge is -2.12. The molecule has 0 fully saturated rings. The minimum absolute atomic E-state index is 0.0728. The Morgan fingerprint density at radius 3 is 2.65 bits per heavy atom. The highest BCUT2D eigenvalue weighted by atomic mass is 32.2. The van der Waals surface area contributed by atoms with Crippen LogP contribution >= 0.6 is 11.8 Å². The summed E-state index contributed by atoms with van der Waals surface area (Å²) >= 11 is 1.68. The van der Waals surface area contributed by atoms with E-state index in [1.807, 2.05) is 13.2 Å². The molecule has 0 bridgehead atoms. The van der Waals surface area contributed by atoms with Gasteiger partial charge < -0.3 is 5.11 Å². The summed E-state index contributed by atoms with van der Waals surface area (Å²) in [7, 11) is -3.61. The second kappa shape index (κ2) is 6.28. The van der Waals surface area contributed by atoms with Gasteiger partial charge in [-0.2, -0.15) is 11.8 Å². The van der Waals surface area contributed by atoms with Gasteiger partial charge in [0.2, 0.25) is 10.0 Å². The molecule has 2 N–H and O–H groups in total. The molecule has 0 amide bonds. The van der Waals surface area contributed by atoms with E-state index >= 15 is 0 Å². The zero-order chi connectivity index (χ0) is 12.9. The lowest BCUT2D eigenvalue weighted by molar-refractivity contribution is 0.457. The van der Waals surface area contributed by atoms with Gasteiger partial charge in [0.25, 0.3) is 0 Å². The Labute approximate surface area is 106 Å². The number of benzene rings is 1. The van der Waals surface area contributed by atoms with Gasteiger partial charge in [-0.1, -0.05) is 19.1 Å². The molecule has 0 aromatic heterocycles. The molecule has 17 heavy (non-hydrogen) atoms. The highest BCUT2D eigenvalue weighted by molar-refractivity contribution is 7.98. The van der Waals surface area contributed by atoms with Gasteiger partial charge in [0.15, 0.2) is 0 Å². The average molecular weight is 275 g/mol. The van der Waals surface area contributed by atoms with E-state index in [1.54, 1.807) is 23.9 Å². The van der Waals surface area contributed by atoms with Gasteiger partial charge in [-0.25, -0.2) is 13.1 Å². The summed E-state index contributed by atoms with van der Waals surface area (Å²) in [4.78, 5) is -0.0728. The first-order valence-electron chi connectivity index (χ1n) is 5.24. The summed E-state index contributed by atoms with van der Waals surface area (Å²) in [6, 6.07) is 5.92. The van der Waals surface area contributed by atoms with Crippen LogP contribution in [0.2, 0.25) is 0 Å². The number of rotatable bonds is 6. The molecule has 0 saturated carbocycles. The van der Waals surface area contributed by atoms with Gasteiger partial charge in [-0.3, -0.25) is 0 Å². The quantitative estimate of drug-likeness (QED) is 0.829. The Hall–Kier alpha value is -0.720. The first-order valence-corrected chi connectivity index (χ1v) is 8.11. The van der Waals surface area contributed by atoms with Gasteiger partial charge in [0.1, 0.15) is 10.6 Å². The summed E-state index contributed by atoms with van der Waals surface area (Å²) in [5.74, 6) is 0.923. The summed E-state index contributed by atoms with van der Waals surface area (Å²) in [5.41, 5.74) is 0. The molecule has 0 radical (unpaired) electrons. The summed E-state index contributed by atoms with van der Waals surface area (Å²) < 4.78 is 26.3. The Morgan fingerprint density at radius 1 is 1.41 bits per heavy atom. The van der Waals surface area contributed by atoms with Crippen molar-refractivity contribution in [1.82, 2.24) is 4.72 Å². The van der Waals surface area contributed by atoms with Crippen molar-refractivity contribution >= 4 is 21.8 Å². The molecule has 1 aromatic rings. The fourth-order valence-electron chi connectivity index (χ4n) is 1.36. The molecule has 0 aliphatic rings. The minimum atomic E-state index is -3.61. The van der Waals surface area contributed by atoms with Gasteiger partial charge in [-0.05, 0) is 30.1 Å². The van der Waals surface area contributed by atoms with Crippen LogP contribution in [-0.4, -0.2) is 32.1 Å². The maximum atomic E-state index is 11.9. The Morgan fingerprint density at radius 2 is 2.06 bits per heavy atom. The van der Waals surface area contributed by atoms with Crippen LogP contribution < -0.4 is 4.72 Å². The second-order valence-corrected chi connectivity index (χ2v) is 6.53. The molecule has 0 spiro atoms. The number of sulfonamides is 1. The molecule has 1 unspecified atom stereocenters. The number of aromatic hydroxyl groups is 1. The van der Waals surface area contributed by atoms with E-state index in [0.717, 1.165) is 5.75 Å². The first-order chi connectivity index (χ1) is 7.97. The minimum Gasteiger partial charge on any atom is -0.507 e. The van der Waals surface area contributed by atoms with Gasteiger partial charge in [0.05, 0.1) is 0 Å². The lowest BCUT2D eigenvalue weighted by atomic mass is 10.2. The molecule has 1 rings (SSSR count). The number of phenols is 1. The van der Waals surface area contributed by atoms with Gasteiger partial charge >= 0.3 is 0 Å². The fraction of sp³-hybridized carbons (Fsp3) is 0.455. The number of nitrogens with one attached hydrogen (secondary N) is 1. The Balaban J connectivity index is 2.73. The van der Waals surface area contributed by atoms with Gasteiger partial charge in [-0.15, -0.1) is 0 Å². The molecule has 1 atom stereocenters. The van der Waals surface area contributed by atoms with E-state index in [2.05, 4.69) is 4.72 Å². The predicted molar refractivity (Wildman–Crippen MR) is 70.8 cm³/mol. The number of para-hydroxylation sites is 1. The maximum Gasteiger partial charge on any atom is 0.244 e. The molecule has 96 valence electrons. The van der Waals surface area contributed by atoms with Crippen LogP contribution in [0.15, 0.2) is 29.2 Å². The summed E-state index contributed by atoms with van der Waals surface area (Å²) in [6.45, 7) is 2.35. The van der Waals surface area contributed by atoms with E-state index in [1.165, 1.54) is 12.1 Å². The third kappa shape index (κ3) is 4.22. The van der Waals surface area contributed by atoms with Crippen molar-refractivity contribution < 1.29 is 13.5 Å². The molecule has 4 nitrogen and oxygen atoms in total. The standard InChI is InChI=1S/C11H17NO3S2/c1-9(8-16-2)7-12-17(14,15)11-6-4-3-5-10(11)13/h3-6,9,12-13H,7-8H2,1-2H3. The summed E-state index contributed by atoms with van der Waals surface area (Å²) in [6.07, 6.45) is 1.98. The topological polar surface area (TPSA) is 66.4 Å². The average Bonchev–Trinajstić information content (AvgIpc) is 2.27. The monoisotopic (exact) mass is 275 g/mol. The highest BCUT2D eigenvalue weighted by Gasteiger charge is 2.18. The SMILES string of the molecule is CSCC(C)CNS(=O)(=O)c1ccccc1O. The van der Waals surface area contributed by atoms with Crippen LogP contribution in [0.4, 0.5) is 0 Å². The maximum absolute atomic E-state index is 11.9. The number of phenolic OH excluding ortho intramolecular Hbond substituents is 1. The van der Waals surface area contributed by atoms with E-state index in [0.29, 0.717) is 6.54 Å². The van der Waals surface area contributed by atoms with Crippen molar-refractivity contribution in [3.05, 3.63) is 24.3 Å².